The summed E-state index contributed by atoms with van der Waals surface area (Å²) in [5, 5.41) is 5.45. The van der Waals surface area contributed by atoms with Crippen LogP contribution in [-0.2, 0) is 15.1 Å². The highest BCUT2D eigenvalue weighted by Gasteiger charge is 2.49. The number of hydrogen-bond acceptors (Lipinski definition) is 4. The number of imide groups is 1. The van der Waals surface area contributed by atoms with Crippen LogP contribution in [0.2, 0.25) is 0 Å². The smallest absolute Gasteiger partial charge is 0.325 e. The SMILES string of the molecule is CCN(CC)c1ccc(NC(=O)CN2C(=O)NC(C)(c3ccccc3)C2=O)cc1. The zero-order valence-corrected chi connectivity index (χ0v) is 16.9. The summed E-state index contributed by atoms with van der Waals surface area (Å²) >= 11 is 0. The molecule has 1 heterocycles. The van der Waals surface area contributed by atoms with Gasteiger partial charge in [0.25, 0.3) is 5.91 Å². The summed E-state index contributed by atoms with van der Waals surface area (Å²) in [6.07, 6.45) is 0. The minimum atomic E-state index is -1.18. The highest BCUT2D eigenvalue weighted by Crippen LogP contribution is 2.28. The first kappa shape index (κ1) is 20.4. The molecule has 29 heavy (non-hydrogen) atoms. The summed E-state index contributed by atoms with van der Waals surface area (Å²) in [6, 6.07) is 15.9. The molecule has 0 bridgehead atoms. The van der Waals surface area contributed by atoms with E-state index in [2.05, 4.69) is 29.4 Å². The maximum absolute atomic E-state index is 12.9. The molecule has 4 amide bonds. The molecule has 1 fully saturated rings. The van der Waals surface area contributed by atoms with Gasteiger partial charge in [-0.25, -0.2) is 4.79 Å². The normalized spacial score (nSPS) is 18.5. The minimum Gasteiger partial charge on any atom is -0.372 e. The Morgan fingerprint density at radius 1 is 1.03 bits per heavy atom. The van der Waals surface area contributed by atoms with Crippen molar-refractivity contribution in [3.8, 4) is 0 Å². The van der Waals surface area contributed by atoms with Crippen LogP contribution in [0, 0.1) is 0 Å². The Balaban J connectivity index is 1.66. The summed E-state index contributed by atoms with van der Waals surface area (Å²) in [7, 11) is 0. The fourth-order valence-corrected chi connectivity index (χ4v) is 3.50. The molecule has 1 atom stereocenters. The van der Waals surface area contributed by atoms with Crippen molar-refractivity contribution in [2.45, 2.75) is 26.3 Å². The number of benzene rings is 2. The van der Waals surface area contributed by atoms with Crippen LogP contribution in [0.25, 0.3) is 0 Å². The number of nitrogens with one attached hydrogen (secondary N) is 2. The zero-order chi connectivity index (χ0) is 21.0. The number of amides is 4. The van der Waals surface area contributed by atoms with Crippen molar-refractivity contribution >= 4 is 29.2 Å². The van der Waals surface area contributed by atoms with Gasteiger partial charge in [-0.3, -0.25) is 14.5 Å². The molecule has 2 aromatic carbocycles. The fourth-order valence-electron chi connectivity index (χ4n) is 3.50. The Kier molecular flexibility index (Phi) is 5.87. The average Bonchev–Trinajstić information content (AvgIpc) is 2.95. The van der Waals surface area contributed by atoms with Crippen LogP contribution >= 0.6 is 0 Å². The van der Waals surface area contributed by atoms with E-state index in [4.69, 9.17) is 0 Å². The topological polar surface area (TPSA) is 81.8 Å². The van der Waals surface area contributed by atoms with E-state index in [0.29, 0.717) is 11.3 Å². The van der Waals surface area contributed by atoms with Gasteiger partial charge >= 0.3 is 6.03 Å². The number of rotatable bonds is 7. The standard InChI is InChI=1S/C22H26N4O3/c1-4-25(5-2)18-13-11-17(12-14-18)23-19(27)15-26-20(28)22(3,24-21(26)29)16-9-7-6-8-10-16/h6-14H,4-5,15H2,1-3H3,(H,23,27)(H,24,29). The number of carbonyl (C=O) groups excluding carboxylic acids is 3. The van der Waals surface area contributed by atoms with Gasteiger partial charge in [0, 0.05) is 24.5 Å². The highest BCUT2D eigenvalue weighted by atomic mass is 16.2. The average molecular weight is 394 g/mol. The predicted molar refractivity (Wildman–Crippen MR) is 113 cm³/mol. The third kappa shape index (κ3) is 4.08. The number of carbonyl (C=O) groups is 3. The first-order valence-electron chi connectivity index (χ1n) is 9.73. The van der Waals surface area contributed by atoms with E-state index in [0.717, 1.165) is 23.7 Å². The monoisotopic (exact) mass is 394 g/mol. The fraction of sp³-hybridized carbons (Fsp3) is 0.318. The van der Waals surface area contributed by atoms with Crippen LogP contribution < -0.4 is 15.5 Å². The number of hydrogen-bond donors (Lipinski definition) is 2. The van der Waals surface area contributed by atoms with Crippen molar-refractivity contribution in [2.75, 3.05) is 29.9 Å². The van der Waals surface area contributed by atoms with Crippen LogP contribution in [0.3, 0.4) is 0 Å². The van der Waals surface area contributed by atoms with Crippen molar-refractivity contribution < 1.29 is 14.4 Å². The van der Waals surface area contributed by atoms with Gasteiger partial charge in [0.2, 0.25) is 5.91 Å². The predicted octanol–water partition coefficient (Wildman–Crippen LogP) is 2.94. The number of nitrogens with zero attached hydrogens (tertiary/aromatic N) is 2. The summed E-state index contributed by atoms with van der Waals surface area (Å²) in [4.78, 5) is 40.8. The second-order valence-corrected chi connectivity index (χ2v) is 7.08. The van der Waals surface area contributed by atoms with E-state index >= 15 is 0 Å². The first-order chi connectivity index (χ1) is 13.9. The van der Waals surface area contributed by atoms with E-state index in [1.165, 1.54) is 0 Å². The van der Waals surface area contributed by atoms with Gasteiger partial charge in [-0.15, -0.1) is 0 Å². The lowest BCUT2D eigenvalue weighted by Gasteiger charge is -2.22. The van der Waals surface area contributed by atoms with Gasteiger partial charge in [-0.1, -0.05) is 30.3 Å². The molecule has 1 unspecified atom stereocenters. The quantitative estimate of drug-likeness (QED) is 0.708. The second kappa shape index (κ2) is 8.34. The molecule has 0 spiro atoms. The van der Waals surface area contributed by atoms with Gasteiger partial charge in [-0.2, -0.15) is 0 Å². The molecule has 1 saturated heterocycles. The molecular weight excluding hydrogens is 368 g/mol. The lowest BCUT2D eigenvalue weighted by atomic mass is 9.92. The van der Waals surface area contributed by atoms with Crippen LogP contribution in [0.1, 0.15) is 26.3 Å². The molecule has 7 nitrogen and oxygen atoms in total. The van der Waals surface area contributed by atoms with E-state index in [-0.39, 0.29) is 6.54 Å². The van der Waals surface area contributed by atoms with Crippen molar-refractivity contribution in [1.29, 1.82) is 0 Å². The van der Waals surface area contributed by atoms with E-state index in [9.17, 15) is 14.4 Å². The molecule has 2 aromatic rings. The van der Waals surface area contributed by atoms with Gasteiger partial charge in [-0.05, 0) is 50.6 Å². The van der Waals surface area contributed by atoms with Crippen LogP contribution in [-0.4, -0.2) is 42.4 Å². The molecule has 1 aliphatic rings. The van der Waals surface area contributed by atoms with Crippen LogP contribution in [0.15, 0.2) is 54.6 Å². The number of anilines is 2. The molecule has 0 radical (unpaired) electrons. The van der Waals surface area contributed by atoms with Crippen LogP contribution in [0.5, 0.6) is 0 Å². The summed E-state index contributed by atoms with van der Waals surface area (Å²) in [5.74, 6) is -0.873. The van der Waals surface area contributed by atoms with Gasteiger partial charge in [0.1, 0.15) is 12.1 Å². The zero-order valence-electron chi connectivity index (χ0n) is 16.9. The Bertz CT molecular complexity index is 894. The van der Waals surface area contributed by atoms with Crippen LogP contribution in [0.4, 0.5) is 16.2 Å². The third-order valence-corrected chi connectivity index (χ3v) is 5.21. The Hall–Kier alpha value is -3.35. The molecular formula is C22H26N4O3. The molecule has 2 N–H and O–H groups in total. The van der Waals surface area contributed by atoms with Gasteiger partial charge in [0.15, 0.2) is 0 Å². The number of urea groups is 1. The highest BCUT2D eigenvalue weighted by molar-refractivity contribution is 6.10. The Labute approximate surface area is 170 Å². The maximum atomic E-state index is 12.9. The molecule has 0 saturated carbocycles. The molecule has 0 aromatic heterocycles. The Morgan fingerprint density at radius 2 is 1.66 bits per heavy atom. The third-order valence-electron chi connectivity index (χ3n) is 5.21. The van der Waals surface area contributed by atoms with Gasteiger partial charge in [0.05, 0.1) is 0 Å². The minimum absolute atomic E-state index is 0.342. The molecule has 152 valence electrons. The molecule has 3 rings (SSSR count). The summed E-state index contributed by atoms with van der Waals surface area (Å²) in [5.41, 5.74) is 1.18. The van der Waals surface area contributed by atoms with Crippen molar-refractivity contribution in [3.05, 3.63) is 60.2 Å². The summed E-state index contributed by atoms with van der Waals surface area (Å²) in [6.45, 7) is 7.27. The largest absolute Gasteiger partial charge is 0.372 e. The maximum Gasteiger partial charge on any atom is 0.325 e. The molecule has 7 heteroatoms. The van der Waals surface area contributed by atoms with Crippen molar-refractivity contribution in [2.24, 2.45) is 0 Å². The summed E-state index contributed by atoms with van der Waals surface area (Å²) < 4.78 is 0. The Morgan fingerprint density at radius 3 is 2.24 bits per heavy atom. The van der Waals surface area contributed by atoms with E-state index < -0.39 is 23.4 Å². The molecule has 1 aliphatic heterocycles. The lowest BCUT2D eigenvalue weighted by molar-refractivity contribution is -0.133. The lowest BCUT2D eigenvalue weighted by Crippen LogP contribution is -2.42. The second-order valence-electron chi connectivity index (χ2n) is 7.08. The van der Waals surface area contributed by atoms with E-state index in [1.54, 1.807) is 31.2 Å². The molecule has 0 aliphatic carbocycles. The van der Waals surface area contributed by atoms with Crippen molar-refractivity contribution in [3.63, 3.8) is 0 Å². The first-order valence-corrected chi connectivity index (χ1v) is 9.73. The van der Waals surface area contributed by atoms with Crippen molar-refractivity contribution in [1.82, 2.24) is 10.2 Å². The van der Waals surface area contributed by atoms with Gasteiger partial charge < -0.3 is 15.5 Å². The van der Waals surface area contributed by atoms with E-state index in [1.807, 2.05) is 30.3 Å².